The van der Waals surface area contributed by atoms with E-state index in [1.165, 1.54) is 25.1 Å². The molecule has 112 valence electrons. The lowest BCUT2D eigenvalue weighted by atomic mass is 10.1. The molecule has 21 heavy (non-hydrogen) atoms. The minimum Gasteiger partial charge on any atom is -0.455 e. The predicted molar refractivity (Wildman–Crippen MR) is 69.7 cm³/mol. The van der Waals surface area contributed by atoms with Gasteiger partial charge in [-0.15, -0.1) is 0 Å². The van der Waals surface area contributed by atoms with Crippen molar-refractivity contribution in [1.82, 2.24) is 10.9 Å². The maximum Gasteiger partial charge on any atom is 0.311 e. The van der Waals surface area contributed by atoms with Gasteiger partial charge in [0.2, 0.25) is 5.91 Å². The number of carbonyl (C=O) groups excluding carboxylic acids is 3. The Morgan fingerprint density at radius 2 is 1.90 bits per heavy atom. The number of rotatable bonds is 5. The van der Waals surface area contributed by atoms with Crippen molar-refractivity contribution < 1.29 is 24.0 Å². The number of para-hydroxylation sites is 1. The number of hydrogen-bond acceptors (Lipinski definition) is 6. The summed E-state index contributed by atoms with van der Waals surface area (Å²) in [6, 6.07) is 5.73. The summed E-state index contributed by atoms with van der Waals surface area (Å²) in [7, 11) is 0. The molecule has 0 heterocycles. The van der Waals surface area contributed by atoms with Crippen LogP contribution in [0.5, 0.6) is 0 Å². The molecule has 1 aromatic rings. The van der Waals surface area contributed by atoms with E-state index in [1.54, 1.807) is 6.07 Å². The average Bonchev–Trinajstić information content (AvgIpc) is 2.43. The number of benzene rings is 1. The summed E-state index contributed by atoms with van der Waals surface area (Å²) in [4.78, 5) is 43.4. The van der Waals surface area contributed by atoms with E-state index in [-0.39, 0.29) is 17.7 Å². The second-order valence-corrected chi connectivity index (χ2v) is 3.95. The van der Waals surface area contributed by atoms with Crippen LogP contribution in [-0.4, -0.2) is 29.3 Å². The molecule has 0 aliphatic rings. The summed E-state index contributed by atoms with van der Waals surface area (Å²) in [5.41, 5.74) is 4.02. The van der Waals surface area contributed by atoms with Gasteiger partial charge in [0.25, 0.3) is 11.6 Å². The van der Waals surface area contributed by atoms with Gasteiger partial charge >= 0.3 is 5.97 Å². The molecule has 1 rings (SSSR count). The number of hydrogen-bond donors (Lipinski definition) is 2. The number of carbonyl (C=O) groups is 3. The van der Waals surface area contributed by atoms with E-state index < -0.39 is 29.3 Å². The molecule has 2 N–H and O–H groups in total. The van der Waals surface area contributed by atoms with Crippen LogP contribution in [0.15, 0.2) is 24.3 Å². The monoisotopic (exact) mass is 295 g/mol. The van der Waals surface area contributed by atoms with Gasteiger partial charge in [0, 0.05) is 18.6 Å². The van der Waals surface area contributed by atoms with E-state index in [0.717, 1.165) is 0 Å². The Hall–Kier alpha value is -2.97. The van der Waals surface area contributed by atoms with E-state index in [4.69, 9.17) is 0 Å². The topological polar surface area (TPSA) is 128 Å². The number of nitrogens with zero attached hydrogens (tertiary/aromatic N) is 1. The van der Waals surface area contributed by atoms with Gasteiger partial charge in [-0.25, -0.2) is 0 Å². The third kappa shape index (κ3) is 5.68. The molecule has 0 radical (unpaired) electrons. The highest BCUT2D eigenvalue weighted by molar-refractivity contribution is 5.83. The van der Waals surface area contributed by atoms with Crippen molar-refractivity contribution >= 4 is 23.5 Å². The lowest BCUT2D eigenvalue weighted by molar-refractivity contribution is -0.385. The highest BCUT2D eigenvalue weighted by atomic mass is 16.6. The molecule has 0 saturated carbocycles. The molecule has 0 fully saturated rings. The Morgan fingerprint density at radius 1 is 1.24 bits per heavy atom. The molecule has 2 amide bonds. The fraction of sp³-hybridized carbons (Fsp3) is 0.250. The standard InChI is InChI=1S/C12H13N3O6/c1-8(16)13-14-11(17)7-21-12(18)6-9-4-2-3-5-10(9)15(19)20/h2-5H,6-7H2,1H3,(H,13,16)(H,14,17). The minimum absolute atomic E-state index is 0.190. The second-order valence-electron chi connectivity index (χ2n) is 3.95. The SMILES string of the molecule is CC(=O)NNC(=O)COC(=O)Cc1ccccc1[N+](=O)[O-]. The lowest BCUT2D eigenvalue weighted by Gasteiger charge is -2.06. The van der Waals surface area contributed by atoms with Crippen molar-refractivity contribution in [3.8, 4) is 0 Å². The first-order valence-electron chi connectivity index (χ1n) is 5.83. The second kappa shape index (κ2) is 7.58. The van der Waals surface area contributed by atoms with Gasteiger partial charge in [0.05, 0.1) is 11.3 Å². The molecule has 0 spiro atoms. The van der Waals surface area contributed by atoms with Crippen LogP contribution in [-0.2, 0) is 25.5 Å². The number of amides is 2. The van der Waals surface area contributed by atoms with Crippen molar-refractivity contribution in [2.24, 2.45) is 0 Å². The lowest BCUT2D eigenvalue weighted by Crippen LogP contribution is -2.42. The Balaban J connectivity index is 2.49. The number of hydrazine groups is 1. The van der Waals surface area contributed by atoms with Crippen molar-refractivity contribution in [3.05, 3.63) is 39.9 Å². The number of nitro groups is 1. The Labute approximate surface area is 119 Å². The smallest absolute Gasteiger partial charge is 0.311 e. The van der Waals surface area contributed by atoms with E-state index in [1.807, 2.05) is 10.9 Å². The third-order valence-corrected chi connectivity index (χ3v) is 2.27. The fourth-order valence-electron chi connectivity index (χ4n) is 1.38. The molecular weight excluding hydrogens is 282 g/mol. The van der Waals surface area contributed by atoms with Crippen molar-refractivity contribution in [3.63, 3.8) is 0 Å². The van der Waals surface area contributed by atoms with Gasteiger partial charge in [-0.2, -0.15) is 0 Å². The summed E-state index contributed by atoms with van der Waals surface area (Å²) in [6.07, 6.45) is -0.329. The van der Waals surface area contributed by atoms with Crippen molar-refractivity contribution in [2.75, 3.05) is 6.61 Å². The van der Waals surface area contributed by atoms with Gasteiger partial charge in [-0.05, 0) is 0 Å². The summed E-state index contributed by atoms with van der Waals surface area (Å²) in [5, 5.41) is 10.8. The summed E-state index contributed by atoms with van der Waals surface area (Å²) in [6.45, 7) is 0.598. The first kappa shape index (κ1) is 16.1. The quantitative estimate of drug-likeness (QED) is 0.441. The van der Waals surface area contributed by atoms with Crippen LogP contribution in [0.3, 0.4) is 0 Å². The van der Waals surface area contributed by atoms with Crippen molar-refractivity contribution in [2.45, 2.75) is 13.3 Å². The molecular formula is C12H13N3O6. The van der Waals surface area contributed by atoms with E-state index >= 15 is 0 Å². The molecule has 0 saturated heterocycles. The molecule has 0 unspecified atom stereocenters. The fourth-order valence-corrected chi connectivity index (χ4v) is 1.38. The Kier molecular flexibility index (Phi) is 5.80. The van der Waals surface area contributed by atoms with Crippen LogP contribution in [0.2, 0.25) is 0 Å². The van der Waals surface area contributed by atoms with Gasteiger partial charge in [-0.3, -0.25) is 35.3 Å². The number of esters is 1. The summed E-state index contributed by atoms with van der Waals surface area (Å²) in [5.74, 6) is -1.99. The highest BCUT2D eigenvalue weighted by Gasteiger charge is 2.16. The Morgan fingerprint density at radius 3 is 2.52 bits per heavy atom. The average molecular weight is 295 g/mol. The summed E-state index contributed by atoms with van der Waals surface area (Å²) < 4.78 is 4.65. The van der Waals surface area contributed by atoms with Gasteiger partial charge in [-0.1, -0.05) is 18.2 Å². The van der Waals surface area contributed by atoms with E-state index in [0.29, 0.717) is 0 Å². The van der Waals surface area contributed by atoms with Crippen LogP contribution in [0, 0.1) is 10.1 Å². The van der Waals surface area contributed by atoms with Crippen LogP contribution in [0.1, 0.15) is 12.5 Å². The molecule has 0 aliphatic heterocycles. The van der Waals surface area contributed by atoms with E-state index in [9.17, 15) is 24.5 Å². The number of ether oxygens (including phenoxy) is 1. The number of nitro benzene ring substituents is 1. The zero-order valence-corrected chi connectivity index (χ0v) is 11.1. The Bertz CT molecular complexity index is 572. The highest BCUT2D eigenvalue weighted by Crippen LogP contribution is 2.18. The molecule has 0 bridgehead atoms. The van der Waals surface area contributed by atoms with E-state index in [2.05, 4.69) is 4.74 Å². The van der Waals surface area contributed by atoms with Gasteiger partial charge < -0.3 is 4.74 Å². The summed E-state index contributed by atoms with van der Waals surface area (Å²) >= 11 is 0. The third-order valence-electron chi connectivity index (χ3n) is 2.27. The minimum atomic E-state index is -0.790. The van der Waals surface area contributed by atoms with Crippen LogP contribution >= 0.6 is 0 Å². The molecule has 0 aromatic heterocycles. The van der Waals surface area contributed by atoms with Crippen LogP contribution < -0.4 is 10.9 Å². The molecule has 9 nitrogen and oxygen atoms in total. The van der Waals surface area contributed by atoms with Gasteiger partial charge in [0.15, 0.2) is 6.61 Å². The normalized spacial score (nSPS) is 9.57. The molecule has 1 aromatic carbocycles. The first-order valence-corrected chi connectivity index (χ1v) is 5.83. The maximum atomic E-state index is 11.5. The molecule has 0 aliphatic carbocycles. The largest absolute Gasteiger partial charge is 0.455 e. The van der Waals surface area contributed by atoms with Crippen LogP contribution in [0.4, 0.5) is 5.69 Å². The van der Waals surface area contributed by atoms with Crippen molar-refractivity contribution in [1.29, 1.82) is 0 Å². The van der Waals surface area contributed by atoms with Crippen LogP contribution in [0.25, 0.3) is 0 Å². The first-order chi connectivity index (χ1) is 9.90. The molecule has 0 atom stereocenters. The van der Waals surface area contributed by atoms with Gasteiger partial charge in [0.1, 0.15) is 0 Å². The predicted octanol–water partition coefficient (Wildman–Crippen LogP) is -0.152. The molecule has 9 heteroatoms. The number of nitrogens with one attached hydrogen (secondary N) is 2. The zero-order chi connectivity index (χ0) is 15.8. The zero-order valence-electron chi connectivity index (χ0n) is 11.1. The maximum absolute atomic E-state index is 11.5.